The van der Waals surface area contributed by atoms with E-state index in [9.17, 15) is 9.18 Å². The van der Waals surface area contributed by atoms with Gasteiger partial charge in [-0.3, -0.25) is 4.79 Å². The van der Waals surface area contributed by atoms with Crippen molar-refractivity contribution in [2.24, 2.45) is 0 Å². The number of hydrogen-bond donors (Lipinski definition) is 1. The molecule has 1 N–H and O–H groups in total. The van der Waals surface area contributed by atoms with Gasteiger partial charge in [0.25, 0.3) is 5.91 Å². The van der Waals surface area contributed by atoms with Crippen LogP contribution in [0, 0.1) is 5.82 Å². The van der Waals surface area contributed by atoms with E-state index in [1.165, 1.54) is 12.1 Å². The number of benzene rings is 3. The van der Waals surface area contributed by atoms with E-state index in [2.05, 4.69) is 15.5 Å². The number of fused-ring (bicyclic) bond motifs is 1. The molecule has 3 aromatic carbocycles. The van der Waals surface area contributed by atoms with Gasteiger partial charge in [0.1, 0.15) is 17.2 Å². The summed E-state index contributed by atoms with van der Waals surface area (Å²) in [5.74, 6) is 0.948. The number of hydrogen-bond acceptors (Lipinski definition) is 5. The zero-order valence-electron chi connectivity index (χ0n) is 18.9. The Morgan fingerprint density at radius 1 is 0.882 bits per heavy atom. The lowest BCUT2D eigenvalue weighted by atomic mass is 9.99. The van der Waals surface area contributed by atoms with E-state index in [-0.39, 0.29) is 17.6 Å². The molecule has 1 amide bonds. The number of rotatable bonds is 5. The number of aromatic nitrogens is 2. The van der Waals surface area contributed by atoms with Crippen LogP contribution in [0.1, 0.15) is 36.0 Å². The van der Waals surface area contributed by atoms with Gasteiger partial charge in [-0.05, 0) is 59.7 Å². The number of furan rings is 1. The van der Waals surface area contributed by atoms with Gasteiger partial charge in [0, 0.05) is 29.5 Å². The number of nitrogens with zero attached hydrogens (tertiary/aromatic N) is 2. The fraction of sp³-hybridized carbons (Fsp3) is 0.148. The number of carbonyl (C=O) groups excluding carboxylic acids is 1. The van der Waals surface area contributed by atoms with E-state index in [1.54, 1.807) is 19.2 Å². The molecule has 0 fully saturated rings. The van der Waals surface area contributed by atoms with Crippen molar-refractivity contribution in [2.45, 2.75) is 19.8 Å². The van der Waals surface area contributed by atoms with Gasteiger partial charge in [-0.2, -0.15) is 0 Å². The first-order chi connectivity index (χ1) is 16.4. The maximum Gasteiger partial charge on any atom is 0.255 e. The molecule has 0 aliphatic heterocycles. The summed E-state index contributed by atoms with van der Waals surface area (Å²) in [4.78, 5) is 12.8. The summed E-state index contributed by atoms with van der Waals surface area (Å²) in [6.07, 6.45) is 0. The van der Waals surface area contributed by atoms with E-state index in [0.29, 0.717) is 39.6 Å². The Hall–Kier alpha value is -4.26. The molecule has 0 unspecified atom stereocenters. The van der Waals surface area contributed by atoms with Gasteiger partial charge < -0.3 is 14.2 Å². The lowest BCUT2D eigenvalue weighted by Crippen LogP contribution is -2.18. The fourth-order valence-electron chi connectivity index (χ4n) is 3.85. The molecule has 6 nitrogen and oxygen atoms in total. The van der Waals surface area contributed by atoms with Crippen LogP contribution in [0.15, 0.2) is 75.6 Å². The van der Waals surface area contributed by atoms with Crippen LogP contribution in [-0.2, 0) is 0 Å². The smallest absolute Gasteiger partial charge is 0.255 e. The van der Waals surface area contributed by atoms with E-state index in [4.69, 9.17) is 8.83 Å². The summed E-state index contributed by atoms with van der Waals surface area (Å²) in [6.45, 7) is 4.00. The SMILES string of the molecule is CNC(=O)c1c(-c2ccc(F)cc2)oc2ccc(-c3cccc(-c4nnc(C(C)C)o4)c3)cc12. The summed E-state index contributed by atoms with van der Waals surface area (Å²) in [7, 11) is 1.57. The van der Waals surface area contributed by atoms with Crippen molar-refractivity contribution in [1.82, 2.24) is 15.5 Å². The molecule has 0 aliphatic carbocycles. The molecule has 0 spiro atoms. The molecule has 7 heteroatoms. The topological polar surface area (TPSA) is 81.2 Å². The first-order valence-electron chi connectivity index (χ1n) is 10.9. The number of amides is 1. The zero-order valence-corrected chi connectivity index (χ0v) is 18.9. The summed E-state index contributed by atoms with van der Waals surface area (Å²) in [6, 6.07) is 19.4. The molecule has 0 radical (unpaired) electrons. The average molecular weight is 455 g/mol. The standard InChI is InChI=1S/C27H22FN3O3/c1-15(2)26-30-31-27(34-26)19-6-4-5-17(13-19)18-9-12-22-21(14-18)23(25(32)29-3)24(33-22)16-7-10-20(28)11-8-16/h4-15H,1-3H3,(H,29,32). The van der Waals surface area contributed by atoms with Crippen LogP contribution in [0.4, 0.5) is 4.39 Å². The molecule has 5 aromatic rings. The highest BCUT2D eigenvalue weighted by atomic mass is 19.1. The van der Waals surface area contributed by atoms with Crippen molar-refractivity contribution in [1.29, 1.82) is 0 Å². The molecule has 0 aliphatic rings. The molecule has 2 heterocycles. The minimum Gasteiger partial charge on any atom is -0.455 e. The molecule has 2 aromatic heterocycles. The van der Waals surface area contributed by atoms with Crippen LogP contribution in [0.25, 0.3) is 44.9 Å². The first kappa shape index (κ1) is 21.6. The third kappa shape index (κ3) is 3.85. The maximum atomic E-state index is 13.4. The second kappa shape index (κ2) is 8.59. The Balaban J connectivity index is 1.61. The predicted octanol–water partition coefficient (Wildman–Crippen LogP) is 6.44. The highest BCUT2D eigenvalue weighted by molar-refractivity contribution is 6.11. The van der Waals surface area contributed by atoms with Crippen molar-refractivity contribution < 1.29 is 18.0 Å². The van der Waals surface area contributed by atoms with Gasteiger partial charge in [-0.1, -0.05) is 32.0 Å². The van der Waals surface area contributed by atoms with Crippen molar-refractivity contribution in [3.8, 4) is 33.9 Å². The van der Waals surface area contributed by atoms with Gasteiger partial charge in [0.15, 0.2) is 0 Å². The van der Waals surface area contributed by atoms with E-state index in [0.717, 1.165) is 16.7 Å². The molecule has 0 saturated heterocycles. The molecule has 0 bridgehead atoms. The van der Waals surface area contributed by atoms with Crippen molar-refractivity contribution in [3.05, 3.63) is 84.0 Å². The quantitative estimate of drug-likeness (QED) is 0.330. The molecule has 170 valence electrons. The van der Waals surface area contributed by atoms with Crippen LogP contribution < -0.4 is 5.32 Å². The molecule has 0 saturated carbocycles. The molecular weight excluding hydrogens is 433 g/mol. The second-order valence-electron chi connectivity index (χ2n) is 8.28. The van der Waals surface area contributed by atoms with Gasteiger partial charge in [0.2, 0.25) is 11.8 Å². The Labute approximate surface area is 195 Å². The molecule has 5 rings (SSSR count). The number of nitrogens with one attached hydrogen (secondary N) is 1. The van der Waals surface area contributed by atoms with Gasteiger partial charge in [0.05, 0.1) is 5.56 Å². The fourth-order valence-corrected chi connectivity index (χ4v) is 3.85. The van der Waals surface area contributed by atoms with Crippen LogP contribution in [0.3, 0.4) is 0 Å². The normalized spacial score (nSPS) is 11.3. The van der Waals surface area contributed by atoms with Crippen molar-refractivity contribution in [2.75, 3.05) is 7.05 Å². The van der Waals surface area contributed by atoms with Crippen LogP contribution >= 0.6 is 0 Å². The monoisotopic (exact) mass is 455 g/mol. The molecule has 34 heavy (non-hydrogen) atoms. The molecular formula is C27H22FN3O3. The Morgan fingerprint density at radius 3 is 2.29 bits per heavy atom. The lowest BCUT2D eigenvalue weighted by Gasteiger charge is -2.05. The minimum atomic E-state index is -0.356. The number of halogens is 1. The predicted molar refractivity (Wildman–Crippen MR) is 128 cm³/mol. The highest BCUT2D eigenvalue weighted by Gasteiger charge is 2.22. The third-order valence-corrected chi connectivity index (χ3v) is 5.63. The summed E-state index contributed by atoms with van der Waals surface area (Å²) in [5, 5.41) is 11.6. The van der Waals surface area contributed by atoms with E-state index < -0.39 is 0 Å². The Morgan fingerprint density at radius 2 is 1.59 bits per heavy atom. The van der Waals surface area contributed by atoms with Crippen molar-refractivity contribution >= 4 is 16.9 Å². The van der Waals surface area contributed by atoms with E-state index >= 15 is 0 Å². The maximum absolute atomic E-state index is 13.4. The van der Waals surface area contributed by atoms with Crippen LogP contribution in [-0.4, -0.2) is 23.2 Å². The van der Waals surface area contributed by atoms with Gasteiger partial charge in [-0.25, -0.2) is 4.39 Å². The van der Waals surface area contributed by atoms with Gasteiger partial charge >= 0.3 is 0 Å². The first-order valence-corrected chi connectivity index (χ1v) is 10.9. The summed E-state index contributed by atoms with van der Waals surface area (Å²) >= 11 is 0. The summed E-state index contributed by atoms with van der Waals surface area (Å²) < 4.78 is 25.3. The zero-order chi connectivity index (χ0) is 23.8. The average Bonchev–Trinajstić information content (AvgIpc) is 3.49. The minimum absolute atomic E-state index is 0.145. The largest absolute Gasteiger partial charge is 0.455 e. The molecule has 0 atom stereocenters. The second-order valence-corrected chi connectivity index (χ2v) is 8.28. The third-order valence-electron chi connectivity index (χ3n) is 5.63. The Bertz CT molecular complexity index is 1500. The lowest BCUT2D eigenvalue weighted by molar-refractivity contribution is 0.0964. The van der Waals surface area contributed by atoms with E-state index in [1.807, 2.05) is 56.3 Å². The Kier molecular flexibility index (Phi) is 5.45. The number of carbonyl (C=O) groups is 1. The highest BCUT2D eigenvalue weighted by Crippen LogP contribution is 2.36. The van der Waals surface area contributed by atoms with Gasteiger partial charge in [-0.15, -0.1) is 10.2 Å². The van der Waals surface area contributed by atoms with Crippen LogP contribution in [0.5, 0.6) is 0 Å². The van der Waals surface area contributed by atoms with Crippen molar-refractivity contribution in [3.63, 3.8) is 0 Å². The van der Waals surface area contributed by atoms with Crippen LogP contribution in [0.2, 0.25) is 0 Å². The summed E-state index contributed by atoms with van der Waals surface area (Å²) in [5.41, 5.74) is 4.22.